The lowest BCUT2D eigenvalue weighted by atomic mass is 10.2. The number of ether oxygens (including phenoxy) is 1. The van der Waals surface area contributed by atoms with Crippen molar-refractivity contribution in [2.24, 2.45) is 7.05 Å². The Labute approximate surface area is 194 Å². The Morgan fingerprint density at radius 1 is 1.15 bits per heavy atom. The molecule has 1 aromatic heterocycles. The van der Waals surface area contributed by atoms with Crippen LogP contribution in [0.25, 0.3) is 0 Å². The van der Waals surface area contributed by atoms with Crippen LogP contribution in [0.2, 0.25) is 5.02 Å². The molecule has 1 amide bonds. The van der Waals surface area contributed by atoms with Crippen LogP contribution >= 0.6 is 23.4 Å². The fraction of sp³-hybridized carbons (Fsp3) is 0.111. The van der Waals surface area contributed by atoms with Crippen molar-refractivity contribution in [1.82, 2.24) is 14.8 Å². The molecule has 0 fully saturated rings. The van der Waals surface area contributed by atoms with E-state index >= 15 is 0 Å². The molecule has 0 unspecified atom stereocenters. The predicted molar refractivity (Wildman–Crippen MR) is 115 cm³/mol. The summed E-state index contributed by atoms with van der Waals surface area (Å²) in [5, 5.41) is 32.6. The fourth-order valence-corrected chi connectivity index (χ4v) is 3.51. The minimum absolute atomic E-state index is 0.0768. The molecule has 170 valence electrons. The van der Waals surface area contributed by atoms with Crippen LogP contribution < -0.4 is 5.32 Å². The standard InChI is InChI=1S/C18H13ClN6O7S/c1-23-9-20-22-18(23)33-15-5-2-10(6-14(15)25(30)31)17(27)32-8-16(26)21-11-3-4-12(19)13(7-11)24(28)29/h2-7,9H,8H2,1H3,(H,21,26). The van der Waals surface area contributed by atoms with Gasteiger partial charge in [0, 0.05) is 24.9 Å². The molecule has 13 nitrogen and oxygen atoms in total. The fourth-order valence-electron chi connectivity index (χ4n) is 2.48. The van der Waals surface area contributed by atoms with Gasteiger partial charge in [-0.2, -0.15) is 0 Å². The molecular formula is C18H13ClN6O7S. The zero-order chi connectivity index (χ0) is 24.1. The third-order valence-corrected chi connectivity index (χ3v) is 5.46. The number of nitro groups is 2. The lowest BCUT2D eigenvalue weighted by molar-refractivity contribution is -0.387. The number of nitrogens with zero attached hydrogens (tertiary/aromatic N) is 5. The number of halogens is 1. The first-order chi connectivity index (χ1) is 15.7. The van der Waals surface area contributed by atoms with Crippen molar-refractivity contribution in [3.8, 4) is 0 Å². The Bertz CT molecular complexity index is 1260. The van der Waals surface area contributed by atoms with Crippen LogP contribution in [0, 0.1) is 20.2 Å². The molecule has 33 heavy (non-hydrogen) atoms. The molecule has 0 spiro atoms. The lowest BCUT2D eigenvalue weighted by Gasteiger charge is -2.08. The summed E-state index contributed by atoms with van der Waals surface area (Å²) in [7, 11) is 1.67. The van der Waals surface area contributed by atoms with E-state index in [9.17, 15) is 29.8 Å². The van der Waals surface area contributed by atoms with Crippen LogP contribution in [-0.2, 0) is 16.6 Å². The van der Waals surface area contributed by atoms with Crippen LogP contribution in [0.3, 0.4) is 0 Å². The summed E-state index contributed by atoms with van der Waals surface area (Å²) in [6.07, 6.45) is 1.44. The van der Waals surface area contributed by atoms with E-state index < -0.39 is 34.0 Å². The van der Waals surface area contributed by atoms with Gasteiger partial charge in [-0.15, -0.1) is 10.2 Å². The molecule has 0 aliphatic carbocycles. The number of aryl methyl sites for hydroxylation is 1. The Kier molecular flexibility index (Phi) is 7.20. The summed E-state index contributed by atoms with van der Waals surface area (Å²) in [4.78, 5) is 45.6. The number of rotatable bonds is 8. The van der Waals surface area contributed by atoms with Crippen LogP contribution in [0.1, 0.15) is 10.4 Å². The number of nitrogens with one attached hydrogen (secondary N) is 1. The highest BCUT2D eigenvalue weighted by atomic mass is 35.5. The monoisotopic (exact) mass is 492 g/mol. The largest absolute Gasteiger partial charge is 0.452 e. The molecule has 15 heteroatoms. The van der Waals surface area contributed by atoms with Gasteiger partial charge in [0.2, 0.25) is 0 Å². The van der Waals surface area contributed by atoms with E-state index in [1.54, 1.807) is 11.6 Å². The maximum Gasteiger partial charge on any atom is 0.338 e. The van der Waals surface area contributed by atoms with Crippen molar-refractivity contribution in [3.05, 3.63) is 73.5 Å². The summed E-state index contributed by atoms with van der Waals surface area (Å²) in [5.41, 5.74) is -0.819. The average Bonchev–Trinajstić information content (AvgIpc) is 3.17. The number of esters is 1. The van der Waals surface area contributed by atoms with E-state index in [2.05, 4.69) is 15.5 Å². The zero-order valence-corrected chi connectivity index (χ0v) is 18.2. The van der Waals surface area contributed by atoms with Gasteiger partial charge >= 0.3 is 5.97 Å². The van der Waals surface area contributed by atoms with Crippen molar-refractivity contribution in [1.29, 1.82) is 0 Å². The zero-order valence-electron chi connectivity index (χ0n) is 16.6. The first kappa shape index (κ1) is 23.6. The molecule has 1 N–H and O–H groups in total. The summed E-state index contributed by atoms with van der Waals surface area (Å²) in [6.45, 7) is -0.724. The van der Waals surface area contributed by atoms with Gasteiger partial charge < -0.3 is 14.6 Å². The second-order valence-electron chi connectivity index (χ2n) is 6.31. The quantitative estimate of drug-likeness (QED) is 0.279. The SMILES string of the molecule is Cn1cnnc1Sc1ccc(C(=O)OCC(=O)Nc2ccc(Cl)c([N+](=O)[O-])c2)cc1[N+](=O)[O-]. The van der Waals surface area contributed by atoms with Crippen molar-refractivity contribution in [3.63, 3.8) is 0 Å². The maximum absolute atomic E-state index is 12.3. The van der Waals surface area contributed by atoms with Crippen molar-refractivity contribution < 1.29 is 24.2 Å². The average molecular weight is 493 g/mol. The number of amides is 1. The second kappa shape index (κ2) is 10.1. The highest BCUT2D eigenvalue weighted by molar-refractivity contribution is 7.99. The Balaban J connectivity index is 1.66. The Morgan fingerprint density at radius 2 is 1.88 bits per heavy atom. The van der Waals surface area contributed by atoms with Gasteiger partial charge in [-0.05, 0) is 36.0 Å². The third-order valence-electron chi connectivity index (χ3n) is 4.02. The maximum atomic E-state index is 12.3. The molecule has 2 aromatic carbocycles. The number of benzene rings is 2. The van der Waals surface area contributed by atoms with Gasteiger partial charge in [-0.25, -0.2) is 4.79 Å². The van der Waals surface area contributed by atoms with E-state index in [-0.39, 0.29) is 26.9 Å². The van der Waals surface area contributed by atoms with Crippen LogP contribution in [-0.4, -0.2) is 43.1 Å². The molecule has 0 bridgehead atoms. The predicted octanol–water partition coefficient (Wildman–Crippen LogP) is 3.23. The van der Waals surface area contributed by atoms with Gasteiger partial charge in [0.1, 0.15) is 11.3 Å². The van der Waals surface area contributed by atoms with Crippen LogP contribution in [0.4, 0.5) is 17.1 Å². The number of carbonyl (C=O) groups excluding carboxylic acids is 2. The number of anilines is 1. The molecular weight excluding hydrogens is 480 g/mol. The van der Waals surface area contributed by atoms with E-state index in [1.807, 2.05) is 0 Å². The van der Waals surface area contributed by atoms with Gasteiger partial charge in [0.15, 0.2) is 11.8 Å². The smallest absolute Gasteiger partial charge is 0.338 e. The first-order valence-corrected chi connectivity index (χ1v) is 10.1. The summed E-state index contributed by atoms with van der Waals surface area (Å²) < 4.78 is 6.47. The molecule has 0 atom stereocenters. The summed E-state index contributed by atoms with van der Waals surface area (Å²) in [5.74, 6) is -1.74. The Morgan fingerprint density at radius 3 is 2.52 bits per heavy atom. The number of hydrogen-bond acceptors (Lipinski definition) is 10. The molecule has 0 aliphatic heterocycles. The molecule has 1 heterocycles. The van der Waals surface area contributed by atoms with Crippen molar-refractivity contribution in [2.75, 3.05) is 11.9 Å². The van der Waals surface area contributed by atoms with Crippen LogP contribution in [0.15, 0.2) is 52.8 Å². The van der Waals surface area contributed by atoms with Gasteiger partial charge in [0.05, 0.1) is 20.3 Å². The molecule has 3 rings (SSSR count). The number of hydrogen-bond donors (Lipinski definition) is 1. The minimum atomic E-state index is -0.967. The summed E-state index contributed by atoms with van der Waals surface area (Å²) >= 11 is 6.70. The molecule has 0 radical (unpaired) electrons. The van der Waals surface area contributed by atoms with E-state index in [0.29, 0.717) is 5.16 Å². The van der Waals surface area contributed by atoms with Gasteiger partial charge in [0.25, 0.3) is 17.3 Å². The Hall–Kier alpha value is -4.04. The first-order valence-electron chi connectivity index (χ1n) is 8.87. The highest BCUT2D eigenvalue weighted by Gasteiger charge is 2.21. The molecule has 0 aliphatic rings. The van der Waals surface area contributed by atoms with E-state index in [1.165, 1.54) is 30.6 Å². The highest BCUT2D eigenvalue weighted by Crippen LogP contribution is 2.34. The number of carbonyl (C=O) groups is 2. The normalized spacial score (nSPS) is 10.5. The van der Waals surface area contributed by atoms with Crippen molar-refractivity contribution >= 4 is 52.3 Å². The van der Waals surface area contributed by atoms with E-state index in [4.69, 9.17) is 16.3 Å². The minimum Gasteiger partial charge on any atom is -0.452 e. The summed E-state index contributed by atoms with van der Waals surface area (Å²) in [6, 6.07) is 7.34. The topological polar surface area (TPSA) is 172 Å². The number of aromatic nitrogens is 3. The molecule has 3 aromatic rings. The van der Waals surface area contributed by atoms with E-state index in [0.717, 1.165) is 23.9 Å². The van der Waals surface area contributed by atoms with Gasteiger partial charge in [-0.1, -0.05) is 11.6 Å². The van der Waals surface area contributed by atoms with Crippen molar-refractivity contribution in [2.45, 2.75) is 10.1 Å². The van der Waals surface area contributed by atoms with Gasteiger partial charge in [-0.3, -0.25) is 25.0 Å². The lowest BCUT2D eigenvalue weighted by Crippen LogP contribution is -2.21. The molecule has 0 saturated carbocycles. The van der Waals surface area contributed by atoms with Crippen LogP contribution in [0.5, 0.6) is 0 Å². The second-order valence-corrected chi connectivity index (χ2v) is 7.73. The third kappa shape index (κ3) is 5.81. The number of nitro benzene ring substituents is 2. The molecule has 0 saturated heterocycles.